The molecule has 0 unspecified atom stereocenters. The second-order valence-corrected chi connectivity index (χ2v) is 4.48. The second-order valence-electron chi connectivity index (χ2n) is 4.48. The van der Waals surface area contributed by atoms with E-state index in [1.165, 1.54) is 6.92 Å². The molecular formula is C15H18N2O3. The first-order chi connectivity index (χ1) is 9.60. The predicted molar refractivity (Wildman–Crippen MR) is 78.1 cm³/mol. The lowest BCUT2D eigenvalue weighted by atomic mass is 10.2. The van der Waals surface area contributed by atoms with Gasteiger partial charge in [-0.15, -0.1) is 0 Å². The molecule has 0 bridgehead atoms. The van der Waals surface area contributed by atoms with Crippen LogP contribution in [0.15, 0.2) is 34.9 Å². The highest BCUT2D eigenvalue weighted by molar-refractivity contribution is 5.89. The van der Waals surface area contributed by atoms with Crippen LogP contribution in [0.3, 0.4) is 0 Å². The van der Waals surface area contributed by atoms with E-state index < -0.39 is 0 Å². The largest absolute Gasteiger partial charge is 0.495 e. The number of amides is 1. The number of furan rings is 1. The molecule has 0 fully saturated rings. The number of hydrogen-bond acceptors (Lipinski definition) is 4. The summed E-state index contributed by atoms with van der Waals surface area (Å²) in [6.45, 7) is 4.02. The van der Waals surface area contributed by atoms with E-state index in [0.29, 0.717) is 12.3 Å². The smallest absolute Gasteiger partial charge is 0.221 e. The molecule has 0 radical (unpaired) electrons. The highest BCUT2D eigenvalue weighted by Gasteiger charge is 2.07. The topological polar surface area (TPSA) is 63.5 Å². The molecular weight excluding hydrogens is 256 g/mol. The molecule has 2 rings (SSSR count). The van der Waals surface area contributed by atoms with Gasteiger partial charge in [0.25, 0.3) is 0 Å². The van der Waals surface area contributed by atoms with Crippen molar-refractivity contribution in [3.63, 3.8) is 0 Å². The third kappa shape index (κ3) is 3.32. The zero-order valence-electron chi connectivity index (χ0n) is 11.8. The summed E-state index contributed by atoms with van der Waals surface area (Å²) in [7, 11) is 1.61. The predicted octanol–water partition coefficient (Wildman–Crippen LogP) is 3.17. The summed E-state index contributed by atoms with van der Waals surface area (Å²) in [6, 6.07) is 7.35. The van der Waals surface area contributed by atoms with Crippen molar-refractivity contribution in [1.29, 1.82) is 0 Å². The van der Waals surface area contributed by atoms with Crippen LogP contribution in [0, 0.1) is 6.92 Å². The van der Waals surface area contributed by atoms with Crippen LogP contribution >= 0.6 is 0 Å². The van der Waals surface area contributed by atoms with Gasteiger partial charge in [0, 0.05) is 12.6 Å². The van der Waals surface area contributed by atoms with E-state index in [0.717, 1.165) is 22.7 Å². The molecule has 2 aromatic rings. The average Bonchev–Trinajstić information content (AvgIpc) is 2.81. The molecule has 0 saturated heterocycles. The first kappa shape index (κ1) is 14.0. The Morgan fingerprint density at radius 3 is 2.75 bits per heavy atom. The van der Waals surface area contributed by atoms with Crippen molar-refractivity contribution in [2.24, 2.45) is 0 Å². The van der Waals surface area contributed by atoms with E-state index in [-0.39, 0.29) is 5.91 Å². The Morgan fingerprint density at radius 1 is 1.35 bits per heavy atom. The van der Waals surface area contributed by atoms with Gasteiger partial charge >= 0.3 is 0 Å². The highest BCUT2D eigenvalue weighted by atomic mass is 16.5. The maximum absolute atomic E-state index is 11.1. The van der Waals surface area contributed by atoms with Crippen molar-refractivity contribution in [2.45, 2.75) is 20.4 Å². The number of hydrogen-bond donors (Lipinski definition) is 2. The van der Waals surface area contributed by atoms with Gasteiger partial charge in [0.05, 0.1) is 25.6 Å². The third-order valence-corrected chi connectivity index (χ3v) is 2.93. The molecule has 1 aromatic carbocycles. The van der Waals surface area contributed by atoms with Crippen LogP contribution in [0.25, 0.3) is 0 Å². The van der Waals surface area contributed by atoms with Crippen molar-refractivity contribution in [1.82, 2.24) is 0 Å². The Balaban J connectivity index is 2.15. The molecule has 0 spiro atoms. The number of rotatable bonds is 5. The zero-order valence-corrected chi connectivity index (χ0v) is 11.8. The zero-order chi connectivity index (χ0) is 14.5. The molecule has 0 atom stereocenters. The van der Waals surface area contributed by atoms with E-state index >= 15 is 0 Å². The number of methoxy groups -OCH3 is 1. The number of aryl methyl sites for hydroxylation is 1. The van der Waals surface area contributed by atoms with Crippen molar-refractivity contribution in [3.8, 4) is 5.75 Å². The molecule has 5 heteroatoms. The van der Waals surface area contributed by atoms with Crippen LogP contribution in [0.2, 0.25) is 0 Å². The quantitative estimate of drug-likeness (QED) is 0.879. The van der Waals surface area contributed by atoms with E-state index in [9.17, 15) is 4.79 Å². The first-order valence-electron chi connectivity index (χ1n) is 6.32. The minimum atomic E-state index is -0.108. The maximum Gasteiger partial charge on any atom is 0.221 e. The third-order valence-electron chi connectivity index (χ3n) is 2.93. The molecule has 0 saturated carbocycles. The second kappa shape index (κ2) is 6.14. The van der Waals surface area contributed by atoms with Crippen LogP contribution in [-0.4, -0.2) is 13.0 Å². The van der Waals surface area contributed by atoms with Gasteiger partial charge < -0.3 is 19.8 Å². The van der Waals surface area contributed by atoms with Crippen LogP contribution in [-0.2, 0) is 11.3 Å². The van der Waals surface area contributed by atoms with Gasteiger partial charge in [-0.25, -0.2) is 0 Å². The van der Waals surface area contributed by atoms with Crippen molar-refractivity contribution in [3.05, 3.63) is 41.9 Å². The van der Waals surface area contributed by atoms with Crippen molar-refractivity contribution < 1.29 is 13.9 Å². The van der Waals surface area contributed by atoms with E-state index in [4.69, 9.17) is 9.15 Å². The lowest BCUT2D eigenvalue weighted by Gasteiger charge is -2.12. The minimum absolute atomic E-state index is 0.108. The Kier molecular flexibility index (Phi) is 4.30. The summed E-state index contributed by atoms with van der Waals surface area (Å²) in [6.07, 6.45) is 1.66. The molecule has 0 aliphatic carbocycles. The highest BCUT2D eigenvalue weighted by Crippen LogP contribution is 2.28. The van der Waals surface area contributed by atoms with Gasteiger partial charge in [0.15, 0.2) is 0 Å². The molecule has 1 heterocycles. The number of ether oxygens (including phenoxy) is 1. The number of carbonyl (C=O) groups excluding carboxylic acids is 1. The fourth-order valence-corrected chi connectivity index (χ4v) is 1.89. The first-order valence-corrected chi connectivity index (χ1v) is 6.32. The molecule has 5 nitrogen and oxygen atoms in total. The standard InChI is InChI=1S/C15H18N2O3/c1-10-6-7-20-15(10)9-16-13-8-12(17-11(2)18)4-5-14(13)19-3/h4-8,16H,9H2,1-3H3,(H,17,18). The molecule has 20 heavy (non-hydrogen) atoms. The summed E-state index contributed by atoms with van der Waals surface area (Å²) in [5.41, 5.74) is 2.61. The number of anilines is 2. The molecule has 1 aromatic heterocycles. The Morgan fingerprint density at radius 2 is 2.15 bits per heavy atom. The Hall–Kier alpha value is -2.43. The van der Waals surface area contributed by atoms with Gasteiger partial charge in [0.1, 0.15) is 11.5 Å². The summed E-state index contributed by atoms with van der Waals surface area (Å²) in [4.78, 5) is 11.1. The molecule has 2 N–H and O–H groups in total. The van der Waals surface area contributed by atoms with Gasteiger partial charge in [-0.1, -0.05) is 0 Å². The van der Waals surface area contributed by atoms with E-state index in [1.54, 1.807) is 19.4 Å². The Bertz CT molecular complexity index is 605. The van der Waals surface area contributed by atoms with E-state index in [1.807, 2.05) is 25.1 Å². The fraction of sp³-hybridized carbons (Fsp3) is 0.267. The van der Waals surface area contributed by atoms with Crippen molar-refractivity contribution >= 4 is 17.3 Å². The fourth-order valence-electron chi connectivity index (χ4n) is 1.89. The van der Waals surface area contributed by atoms with E-state index in [2.05, 4.69) is 10.6 Å². The summed E-state index contributed by atoms with van der Waals surface area (Å²) >= 11 is 0. The van der Waals surface area contributed by atoms with Crippen molar-refractivity contribution in [2.75, 3.05) is 17.7 Å². The molecule has 0 aliphatic heterocycles. The van der Waals surface area contributed by atoms with Gasteiger partial charge in [-0.05, 0) is 36.8 Å². The lowest BCUT2D eigenvalue weighted by molar-refractivity contribution is -0.114. The van der Waals surface area contributed by atoms with Gasteiger partial charge in [-0.2, -0.15) is 0 Å². The van der Waals surface area contributed by atoms with Crippen LogP contribution < -0.4 is 15.4 Å². The normalized spacial score (nSPS) is 10.2. The SMILES string of the molecule is COc1ccc(NC(C)=O)cc1NCc1occc1C. The average molecular weight is 274 g/mol. The monoisotopic (exact) mass is 274 g/mol. The van der Waals surface area contributed by atoms with Gasteiger partial charge in [0.2, 0.25) is 5.91 Å². The minimum Gasteiger partial charge on any atom is -0.495 e. The van der Waals surface area contributed by atoms with Crippen LogP contribution in [0.4, 0.5) is 11.4 Å². The molecule has 1 amide bonds. The molecule has 0 aliphatic rings. The maximum atomic E-state index is 11.1. The summed E-state index contributed by atoms with van der Waals surface area (Å²) in [5.74, 6) is 1.48. The van der Waals surface area contributed by atoms with Gasteiger partial charge in [-0.3, -0.25) is 4.79 Å². The summed E-state index contributed by atoms with van der Waals surface area (Å²) in [5, 5.41) is 5.99. The number of benzene rings is 1. The number of carbonyl (C=O) groups is 1. The Labute approximate surface area is 117 Å². The molecule has 106 valence electrons. The number of nitrogens with one attached hydrogen (secondary N) is 2. The summed E-state index contributed by atoms with van der Waals surface area (Å²) < 4.78 is 10.7. The van der Waals surface area contributed by atoms with Crippen LogP contribution in [0.5, 0.6) is 5.75 Å². The van der Waals surface area contributed by atoms with Crippen LogP contribution in [0.1, 0.15) is 18.2 Å². The lowest BCUT2D eigenvalue weighted by Crippen LogP contribution is -2.07.